The zero-order valence-corrected chi connectivity index (χ0v) is 18.6. The lowest BCUT2D eigenvalue weighted by atomic mass is 10.1. The topological polar surface area (TPSA) is 79.0 Å². The molecule has 0 spiro atoms. The zero-order valence-electron chi connectivity index (χ0n) is 17.8. The average molecular weight is 420 g/mol. The fourth-order valence-corrected chi connectivity index (χ4v) is 3.67. The molecule has 0 aromatic heterocycles. The predicted molar refractivity (Wildman–Crippen MR) is 115 cm³/mol. The summed E-state index contributed by atoms with van der Waals surface area (Å²) in [5.41, 5.74) is 2.31. The predicted octanol–water partition coefficient (Wildman–Crippen LogP) is 2.71. The van der Waals surface area contributed by atoms with Gasteiger partial charge in [-0.05, 0) is 56.3 Å². The average Bonchev–Trinajstić information content (AvgIpc) is 2.68. The number of aryl methyl sites for hydroxylation is 1. The molecule has 2 aromatic rings. The van der Waals surface area contributed by atoms with Gasteiger partial charge >= 0.3 is 0 Å². The highest BCUT2D eigenvalue weighted by Gasteiger charge is 2.22. The Kier molecular flexibility index (Phi) is 7.40. The molecule has 0 heterocycles. The highest BCUT2D eigenvalue weighted by molar-refractivity contribution is 7.89. The standard InChI is InChI=1S/C21H29N3O4S/c1-15-10-11-19(29(26,27)23(3)4)13-20(15)22-21(25)16(2)24(5)14-17-8-7-9-18(12-17)28-6/h7-13,16H,14H2,1-6H3,(H,22,25)/t16-/m0/s1. The first-order chi connectivity index (χ1) is 13.6. The molecule has 1 amide bonds. The lowest BCUT2D eigenvalue weighted by molar-refractivity contribution is -0.120. The van der Waals surface area contributed by atoms with Gasteiger partial charge in [0.25, 0.3) is 0 Å². The van der Waals surface area contributed by atoms with Gasteiger partial charge in [0, 0.05) is 26.3 Å². The Bertz CT molecular complexity index is 974. The Labute approximate surface area is 173 Å². The minimum atomic E-state index is -3.58. The van der Waals surface area contributed by atoms with E-state index in [1.165, 1.54) is 20.2 Å². The first kappa shape index (κ1) is 22.9. The number of nitrogens with one attached hydrogen (secondary N) is 1. The SMILES string of the molecule is COc1cccc(CN(C)[C@@H](C)C(=O)Nc2cc(S(=O)(=O)N(C)C)ccc2C)c1. The summed E-state index contributed by atoms with van der Waals surface area (Å²) < 4.78 is 31.1. The van der Waals surface area contributed by atoms with Gasteiger partial charge in [0.15, 0.2) is 0 Å². The van der Waals surface area contributed by atoms with Crippen molar-refractivity contribution in [1.29, 1.82) is 0 Å². The Morgan fingerprint density at radius 3 is 2.45 bits per heavy atom. The minimum Gasteiger partial charge on any atom is -0.497 e. The highest BCUT2D eigenvalue weighted by atomic mass is 32.2. The molecule has 8 heteroatoms. The molecule has 29 heavy (non-hydrogen) atoms. The van der Waals surface area contributed by atoms with Gasteiger partial charge in [-0.2, -0.15) is 0 Å². The van der Waals surface area contributed by atoms with Crippen LogP contribution in [0.25, 0.3) is 0 Å². The number of benzene rings is 2. The molecule has 1 N–H and O–H groups in total. The largest absolute Gasteiger partial charge is 0.497 e. The first-order valence-electron chi connectivity index (χ1n) is 9.23. The number of ether oxygens (including phenoxy) is 1. The maximum Gasteiger partial charge on any atom is 0.242 e. The quantitative estimate of drug-likeness (QED) is 0.712. The van der Waals surface area contributed by atoms with Crippen LogP contribution >= 0.6 is 0 Å². The van der Waals surface area contributed by atoms with Crippen LogP contribution in [0.1, 0.15) is 18.1 Å². The summed E-state index contributed by atoms with van der Waals surface area (Å²) in [6.45, 7) is 4.21. The third kappa shape index (κ3) is 5.56. The second-order valence-electron chi connectivity index (χ2n) is 7.20. The Morgan fingerprint density at radius 2 is 1.83 bits per heavy atom. The fourth-order valence-electron chi connectivity index (χ4n) is 2.74. The van der Waals surface area contributed by atoms with E-state index in [1.807, 2.05) is 50.1 Å². The minimum absolute atomic E-state index is 0.140. The second-order valence-corrected chi connectivity index (χ2v) is 9.35. The molecule has 0 aliphatic heterocycles. The van der Waals surface area contributed by atoms with E-state index in [4.69, 9.17) is 4.74 Å². The number of hydrogen-bond donors (Lipinski definition) is 1. The van der Waals surface area contributed by atoms with E-state index in [2.05, 4.69) is 5.32 Å². The number of sulfonamides is 1. The van der Waals surface area contributed by atoms with Crippen LogP contribution in [0.5, 0.6) is 5.75 Å². The molecule has 158 valence electrons. The number of nitrogens with zero attached hydrogens (tertiary/aromatic N) is 2. The van der Waals surface area contributed by atoms with Crippen molar-refractivity contribution in [2.75, 3.05) is 33.6 Å². The van der Waals surface area contributed by atoms with E-state index < -0.39 is 16.1 Å². The van der Waals surface area contributed by atoms with Crippen molar-refractivity contribution >= 4 is 21.6 Å². The lowest BCUT2D eigenvalue weighted by Gasteiger charge is -2.24. The molecule has 2 aromatic carbocycles. The molecule has 2 rings (SSSR count). The molecule has 0 aliphatic rings. The summed E-state index contributed by atoms with van der Waals surface area (Å²) in [7, 11) is 2.86. The van der Waals surface area contributed by atoms with Crippen LogP contribution in [0.4, 0.5) is 5.69 Å². The van der Waals surface area contributed by atoms with Gasteiger partial charge in [-0.1, -0.05) is 18.2 Å². The van der Waals surface area contributed by atoms with Crippen LogP contribution in [-0.4, -0.2) is 57.8 Å². The zero-order chi connectivity index (χ0) is 21.8. The van der Waals surface area contributed by atoms with E-state index in [0.29, 0.717) is 12.2 Å². The molecular weight excluding hydrogens is 390 g/mol. The summed E-state index contributed by atoms with van der Waals surface area (Å²) in [5, 5.41) is 2.86. The van der Waals surface area contributed by atoms with Crippen LogP contribution in [0.2, 0.25) is 0 Å². The van der Waals surface area contributed by atoms with E-state index >= 15 is 0 Å². The fraction of sp³-hybridized carbons (Fsp3) is 0.381. The van der Waals surface area contributed by atoms with Crippen molar-refractivity contribution in [3.8, 4) is 5.75 Å². The third-order valence-corrected chi connectivity index (χ3v) is 6.66. The number of rotatable bonds is 8. The molecule has 0 unspecified atom stereocenters. The molecule has 0 aliphatic carbocycles. The van der Waals surface area contributed by atoms with Gasteiger partial charge in [0.1, 0.15) is 5.75 Å². The maximum absolute atomic E-state index is 12.8. The molecule has 0 fully saturated rings. The van der Waals surface area contributed by atoms with E-state index in [9.17, 15) is 13.2 Å². The number of methoxy groups -OCH3 is 1. The number of likely N-dealkylation sites (N-methyl/N-ethyl adjacent to an activating group) is 1. The van der Waals surface area contributed by atoms with Crippen molar-refractivity contribution in [1.82, 2.24) is 9.21 Å². The molecule has 0 radical (unpaired) electrons. The van der Waals surface area contributed by atoms with Crippen LogP contribution in [0, 0.1) is 6.92 Å². The van der Waals surface area contributed by atoms with Gasteiger partial charge in [-0.15, -0.1) is 0 Å². The Balaban J connectivity index is 2.14. The van der Waals surface area contributed by atoms with Crippen molar-refractivity contribution in [3.05, 3.63) is 53.6 Å². The smallest absolute Gasteiger partial charge is 0.242 e. The number of carbonyl (C=O) groups excluding carboxylic acids is 1. The number of hydrogen-bond acceptors (Lipinski definition) is 5. The summed E-state index contributed by atoms with van der Waals surface area (Å²) in [4.78, 5) is 14.8. The number of anilines is 1. The molecule has 1 atom stereocenters. The van der Waals surface area contributed by atoms with Gasteiger partial charge < -0.3 is 10.1 Å². The number of carbonyl (C=O) groups is 1. The van der Waals surface area contributed by atoms with Crippen LogP contribution in [0.15, 0.2) is 47.4 Å². The van der Waals surface area contributed by atoms with Gasteiger partial charge in [0.05, 0.1) is 18.0 Å². The van der Waals surface area contributed by atoms with Crippen molar-refractivity contribution in [3.63, 3.8) is 0 Å². The van der Waals surface area contributed by atoms with Crippen molar-refractivity contribution < 1.29 is 17.9 Å². The molecule has 0 bridgehead atoms. The number of amides is 1. The normalized spacial score (nSPS) is 12.8. The Hall–Kier alpha value is -2.42. The van der Waals surface area contributed by atoms with Crippen LogP contribution in [0.3, 0.4) is 0 Å². The lowest BCUT2D eigenvalue weighted by Crippen LogP contribution is -2.39. The summed E-state index contributed by atoms with van der Waals surface area (Å²) >= 11 is 0. The van der Waals surface area contributed by atoms with Gasteiger partial charge in [0.2, 0.25) is 15.9 Å². The van der Waals surface area contributed by atoms with Crippen molar-refractivity contribution in [2.45, 2.75) is 31.3 Å². The van der Waals surface area contributed by atoms with Gasteiger partial charge in [-0.25, -0.2) is 12.7 Å². The molecule has 0 saturated carbocycles. The van der Waals surface area contributed by atoms with Crippen molar-refractivity contribution in [2.24, 2.45) is 0 Å². The van der Waals surface area contributed by atoms with E-state index in [0.717, 1.165) is 21.2 Å². The second kappa shape index (κ2) is 9.39. The first-order valence-corrected chi connectivity index (χ1v) is 10.7. The molecule has 7 nitrogen and oxygen atoms in total. The monoisotopic (exact) mass is 419 g/mol. The molecular formula is C21H29N3O4S. The maximum atomic E-state index is 12.8. The summed E-state index contributed by atoms with van der Waals surface area (Å²) in [6.07, 6.45) is 0. The third-order valence-electron chi connectivity index (χ3n) is 4.85. The summed E-state index contributed by atoms with van der Waals surface area (Å²) in [6, 6.07) is 12.0. The Morgan fingerprint density at radius 1 is 1.14 bits per heavy atom. The van der Waals surface area contributed by atoms with Crippen LogP contribution < -0.4 is 10.1 Å². The van der Waals surface area contributed by atoms with E-state index in [-0.39, 0.29) is 10.8 Å². The molecule has 0 saturated heterocycles. The highest BCUT2D eigenvalue weighted by Crippen LogP contribution is 2.22. The van der Waals surface area contributed by atoms with Crippen LogP contribution in [-0.2, 0) is 21.4 Å². The van der Waals surface area contributed by atoms with E-state index in [1.54, 1.807) is 19.2 Å². The summed E-state index contributed by atoms with van der Waals surface area (Å²) in [5.74, 6) is 0.556. The van der Waals surface area contributed by atoms with Gasteiger partial charge in [-0.3, -0.25) is 9.69 Å².